The molecule has 0 aliphatic carbocycles. The molecule has 5 aromatic rings. The van der Waals surface area contributed by atoms with Gasteiger partial charge in [0.1, 0.15) is 12.2 Å². The van der Waals surface area contributed by atoms with Crippen LogP contribution in [0.2, 0.25) is 0 Å². The molecule has 2 atom stereocenters. The molecular formula is C41H50N2O2. The van der Waals surface area contributed by atoms with Crippen LogP contribution in [-0.4, -0.2) is 20.2 Å². The van der Waals surface area contributed by atoms with Gasteiger partial charge in [0, 0.05) is 22.8 Å². The van der Waals surface area contributed by atoms with Crippen LogP contribution in [0.5, 0.6) is 0 Å². The van der Waals surface area contributed by atoms with Gasteiger partial charge in [-0.2, -0.15) is 0 Å². The summed E-state index contributed by atoms with van der Waals surface area (Å²) in [6.45, 7) is 19.8. The van der Waals surface area contributed by atoms with Gasteiger partial charge in [0.15, 0.2) is 0 Å². The molecule has 0 saturated heterocycles. The lowest BCUT2D eigenvalue weighted by Crippen LogP contribution is -2.12. The lowest BCUT2D eigenvalue weighted by molar-refractivity contribution is 0.215. The van der Waals surface area contributed by atoms with Gasteiger partial charge in [0.25, 0.3) is 0 Å². The smallest absolute Gasteiger partial charge is 0.119 e. The largest absolute Gasteiger partial charge is 0.382 e. The molecule has 0 aliphatic rings. The molecule has 0 amide bonds. The molecule has 2 aromatic heterocycles. The van der Waals surface area contributed by atoms with Crippen molar-refractivity contribution in [2.45, 2.75) is 96.7 Å². The topological polar surface area (TPSA) is 72.0 Å². The third kappa shape index (κ3) is 7.19. The second kappa shape index (κ2) is 12.2. The van der Waals surface area contributed by atoms with Crippen LogP contribution in [0, 0.1) is 0 Å². The van der Waals surface area contributed by atoms with E-state index in [1.165, 1.54) is 16.7 Å². The van der Waals surface area contributed by atoms with Gasteiger partial charge < -0.3 is 20.2 Å². The van der Waals surface area contributed by atoms with E-state index in [-0.39, 0.29) is 22.2 Å². The molecule has 45 heavy (non-hydrogen) atoms. The van der Waals surface area contributed by atoms with Crippen LogP contribution in [0.1, 0.15) is 137 Å². The Hall–Kier alpha value is -3.86. The first-order chi connectivity index (χ1) is 21.0. The SMILES string of the molecule is CC(C)(C)c1ccc(C(O)c2ccc(C(c3ccc(C(C)(C)C)cc3)c3ccc(C(O)c4ccc(C(C)(C)C)cc4)[nH]3)[nH]2)cc1. The van der Waals surface area contributed by atoms with Crippen molar-refractivity contribution in [1.29, 1.82) is 0 Å². The zero-order valence-electron chi connectivity index (χ0n) is 28.4. The summed E-state index contributed by atoms with van der Waals surface area (Å²) in [6, 6.07) is 33.3. The van der Waals surface area contributed by atoms with E-state index in [9.17, 15) is 10.2 Å². The number of aromatic nitrogens is 2. The van der Waals surface area contributed by atoms with E-state index in [2.05, 4.69) is 133 Å². The normalized spacial score (nSPS) is 14.7. The zero-order valence-corrected chi connectivity index (χ0v) is 28.4. The van der Waals surface area contributed by atoms with Crippen LogP contribution in [0.4, 0.5) is 0 Å². The standard InChI is InChI=1S/C41H50N2O2/c1-39(2,3)29-16-10-26(11-17-29)36(32-22-24-34(42-32)37(44)27-12-18-30(19-13-27)40(4,5)6)33-23-25-35(43-33)38(45)28-14-20-31(21-15-28)41(7,8)9/h10-25,36-38,42-45H,1-9H3. The molecule has 0 fully saturated rings. The van der Waals surface area contributed by atoms with E-state index in [4.69, 9.17) is 0 Å². The summed E-state index contributed by atoms with van der Waals surface area (Å²) in [5.41, 5.74) is 10.2. The predicted octanol–water partition coefficient (Wildman–Crippen LogP) is 9.58. The zero-order chi connectivity index (χ0) is 32.7. The highest BCUT2D eigenvalue weighted by atomic mass is 16.3. The Kier molecular flexibility index (Phi) is 8.78. The molecule has 4 nitrogen and oxygen atoms in total. The maximum atomic E-state index is 11.3. The minimum absolute atomic E-state index is 0.0481. The Labute approximate surface area is 269 Å². The number of H-pyrrole nitrogens is 2. The molecular weight excluding hydrogens is 552 g/mol. The van der Waals surface area contributed by atoms with E-state index in [1.54, 1.807) is 0 Å². The van der Waals surface area contributed by atoms with Crippen molar-refractivity contribution in [2.24, 2.45) is 0 Å². The quantitative estimate of drug-likeness (QED) is 0.150. The highest BCUT2D eigenvalue weighted by Gasteiger charge is 2.25. The van der Waals surface area contributed by atoms with Gasteiger partial charge in [-0.1, -0.05) is 135 Å². The molecule has 0 spiro atoms. The molecule has 0 bridgehead atoms. The molecule has 4 N–H and O–H groups in total. The number of hydrogen-bond donors (Lipinski definition) is 4. The van der Waals surface area contributed by atoms with Gasteiger partial charge in [-0.3, -0.25) is 0 Å². The van der Waals surface area contributed by atoms with Gasteiger partial charge in [0.2, 0.25) is 0 Å². The predicted molar refractivity (Wildman–Crippen MR) is 186 cm³/mol. The number of benzene rings is 3. The van der Waals surface area contributed by atoms with E-state index in [1.807, 2.05) is 36.4 Å². The second-order valence-electron chi connectivity index (χ2n) is 15.6. The molecule has 4 heteroatoms. The summed E-state index contributed by atoms with van der Waals surface area (Å²) >= 11 is 0. The van der Waals surface area contributed by atoms with E-state index in [0.717, 1.165) is 39.5 Å². The number of hydrogen-bond acceptors (Lipinski definition) is 2. The fourth-order valence-corrected chi connectivity index (χ4v) is 5.91. The lowest BCUT2D eigenvalue weighted by Gasteiger charge is -2.22. The van der Waals surface area contributed by atoms with Crippen molar-refractivity contribution in [1.82, 2.24) is 9.97 Å². The van der Waals surface area contributed by atoms with Gasteiger partial charge >= 0.3 is 0 Å². The van der Waals surface area contributed by atoms with Gasteiger partial charge in [-0.05, 0) is 73.9 Å². The first-order valence-electron chi connectivity index (χ1n) is 16.1. The van der Waals surface area contributed by atoms with Crippen molar-refractivity contribution in [2.75, 3.05) is 0 Å². The molecule has 2 unspecified atom stereocenters. The van der Waals surface area contributed by atoms with E-state index >= 15 is 0 Å². The third-order valence-electron chi connectivity index (χ3n) is 8.97. The van der Waals surface area contributed by atoms with Crippen LogP contribution in [0.15, 0.2) is 97.1 Å². The third-order valence-corrected chi connectivity index (χ3v) is 8.97. The molecule has 3 aromatic carbocycles. The van der Waals surface area contributed by atoms with Crippen LogP contribution in [0.3, 0.4) is 0 Å². The molecule has 236 valence electrons. The Morgan fingerprint density at radius 1 is 0.378 bits per heavy atom. The molecule has 0 aliphatic heterocycles. The number of rotatable bonds is 7. The molecule has 5 rings (SSSR count). The Morgan fingerprint density at radius 2 is 0.644 bits per heavy atom. The summed E-state index contributed by atoms with van der Waals surface area (Å²) in [4.78, 5) is 7.11. The van der Waals surface area contributed by atoms with Crippen molar-refractivity contribution >= 4 is 0 Å². The van der Waals surface area contributed by atoms with Crippen molar-refractivity contribution in [3.8, 4) is 0 Å². The maximum absolute atomic E-state index is 11.3. The molecule has 0 radical (unpaired) electrons. The number of nitrogens with one attached hydrogen (secondary N) is 2. The van der Waals surface area contributed by atoms with E-state index < -0.39 is 12.2 Å². The first-order valence-corrected chi connectivity index (χ1v) is 16.1. The van der Waals surface area contributed by atoms with Gasteiger partial charge in [0.05, 0.1) is 5.92 Å². The number of aliphatic hydroxyl groups is 2. The van der Waals surface area contributed by atoms with Crippen LogP contribution in [0.25, 0.3) is 0 Å². The summed E-state index contributed by atoms with van der Waals surface area (Å²) in [7, 11) is 0. The number of aliphatic hydroxyl groups excluding tert-OH is 2. The second-order valence-corrected chi connectivity index (χ2v) is 15.6. The Bertz CT molecular complexity index is 1600. The van der Waals surface area contributed by atoms with E-state index in [0.29, 0.717) is 0 Å². The monoisotopic (exact) mass is 602 g/mol. The highest BCUT2D eigenvalue weighted by Crippen LogP contribution is 2.36. The average Bonchev–Trinajstić information content (AvgIpc) is 3.67. The van der Waals surface area contributed by atoms with Crippen LogP contribution in [-0.2, 0) is 16.2 Å². The van der Waals surface area contributed by atoms with Crippen molar-refractivity contribution in [3.05, 3.63) is 153 Å². The summed E-state index contributed by atoms with van der Waals surface area (Å²) in [5, 5.41) is 22.7. The minimum Gasteiger partial charge on any atom is -0.382 e. The van der Waals surface area contributed by atoms with Crippen molar-refractivity contribution in [3.63, 3.8) is 0 Å². The molecule has 0 saturated carbocycles. The first kappa shape index (κ1) is 32.5. The Balaban J connectivity index is 1.48. The molecule has 2 heterocycles. The summed E-state index contributed by atoms with van der Waals surface area (Å²) in [5.74, 6) is -0.146. The minimum atomic E-state index is -0.770. The maximum Gasteiger partial charge on any atom is 0.119 e. The lowest BCUT2D eigenvalue weighted by atomic mass is 9.84. The Morgan fingerprint density at radius 3 is 0.933 bits per heavy atom. The number of aromatic amines is 2. The van der Waals surface area contributed by atoms with Gasteiger partial charge in [-0.15, -0.1) is 0 Å². The average molecular weight is 603 g/mol. The van der Waals surface area contributed by atoms with Crippen LogP contribution < -0.4 is 0 Å². The fourth-order valence-electron chi connectivity index (χ4n) is 5.91. The van der Waals surface area contributed by atoms with Crippen LogP contribution >= 0.6 is 0 Å². The van der Waals surface area contributed by atoms with Gasteiger partial charge in [-0.25, -0.2) is 0 Å². The summed E-state index contributed by atoms with van der Waals surface area (Å²) in [6.07, 6.45) is -1.54. The highest BCUT2D eigenvalue weighted by molar-refractivity contribution is 5.43. The summed E-state index contributed by atoms with van der Waals surface area (Å²) < 4.78 is 0. The fraction of sp³-hybridized carbons (Fsp3) is 0.366. The van der Waals surface area contributed by atoms with Crippen molar-refractivity contribution < 1.29 is 10.2 Å².